The van der Waals surface area contributed by atoms with Crippen LogP contribution in [-0.2, 0) is 7.05 Å². The number of rotatable bonds is 2. The van der Waals surface area contributed by atoms with E-state index in [4.69, 9.17) is 0 Å². The number of pyridine rings is 1. The van der Waals surface area contributed by atoms with Gasteiger partial charge in [0, 0.05) is 13.2 Å². The van der Waals surface area contributed by atoms with Crippen molar-refractivity contribution in [1.82, 2.24) is 19.7 Å². The lowest BCUT2D eigenvalue weighted by Gasteiger charge is -2.02. The second-order valence-electron chi connectivity index (χ2n) is 2.98. The maximum atomic E-state index is 4.26. The molecule has 0 aliphatic heterocycles. The molecule has 0 bridgehead atoms. The smallest absolute Gasteiger partial charge is 0.197 e. The number of hydrogen-bond acceptors (Lipinski definition) is 4. The molecule has 0 aliphatic carbocycles. The zero-order chi connectivity index (χ0) is 10.8. The number of halogens is 1. The molecule has 0 spiro atoms. The molecule has 0 aromatic carbocycles. The quantitative estimate of drug-likeness (QED) is 0.850. The molecule has 2 aromatic heterocycles. The first-order valence-corrected chi connectivity index (χ1v) is 5.94. The average Bonchev–Trinajstić information content (AvgIpc) is 2.53. The predicted molar refractivity (Wildman–Crippen MR) is 61.8 cm³/mol. The average molecular weight is 285 g/mol. The number of hydrogen-bond donors (Lipinski definition) is 0. The Bertz CT molecular complexity index is 483. The molecule has 0 fully saturated rings. The van der Waals surface area contributed by atoms with Gasteiger partial charge in [0.2, 0.25) is 0 Å². The summed E-state index contributed by atoms with van der Waals surface area (Å²) in [5.74, 6) is 0.893. The van der Waals surface area contributed by atoms with Crippen molar-refractivity contribution in [2.75, 3.05) is 0 Å². The van der Waals surface area contributed by atoms with Gasteiger partial charge in [-0.3, -0.25) is 0 Å². The van der Waals surface area contributed by atoms with Crippen LogP contribution in [-0.4, -0.2) is 19.7 Å². The van der Waals surface area contributed by atoms with Crippen LogP contribution >= 0.6 is 27.7 Å². The predicted octanol–water partition coefficient (Wildman–Crippen LogP) is 2.43. The molecule has 0 atom stereocenters. The van der Waals surface area contributed by atoms with E-state index >= 15 is 0 Å². The van der Waals surface area contributed by atoms with Crippen LogP contribution in [0, 0.1) is 6.92 Å². The molecule has 0 saturated carbocycles. The van der Waals surface area contributed by atoms with Crippen LogP contribution in [0.2, 0.25) is 0 Å². The third-order valence-electron chi connectivity index (χ3n) is 1.97. The van der Waals surface area contributed by atoms with Crippen molar-refractivity contribution in [3.05, 3.63) is 28.6 Å². The summed E-state index contributed by atoms with van der Waals surface area (Å²) in [5, 5.41) is 9.79. The Morgan fingerprint density at radius 2 is 2.20 bits per heavy atom. The van der Waals surface area contributed by atoms with E-state index in [2.05, 4.69) is 31.1 Å². The second-order valence-corrected chi connectivity index (χ2v) is 4.79. The second kappa shape index (κ2) is 4.32. The van der Waals surface area contributed by atoms with Gasteiger partial charge in [0.05, 0.1) is 4.47 Å². The van der Waals surface area contributed by atoms with Gasteiger partial charge in [0.1, 0.15) is 10.9 Å². The maximum absolute atomic E-state index is 4.26. The largest absolute Gasteiger partial charge is 0.309 e. The topological polar surface area (TPSA) is 43.6 Å². The van der Waals surface area contributed by atoms with Crippen molar-refractivity contribution in [3.8, 4) is 0 Å². The minimum atomic E-state index is 0.840. The maximum Gasteiger partial charge on any atom is 0.197 e. The normalized spacial score (nSPS) is 10.6. The fourth-order valence-corrected chi connectivity index (χ4v) is 2.31. The van der Waals surface area contributed by atoms with Crippen LogP contribution < -0.4 is 0 Å². The fourth-order valence-electron chi connectivity index (χ4n) is 1.01. The first kappa shape index (κ1) is 10.6. The van der Waals surface area contributed by atoms with E-state index in [1.807, 2.05) is 30.7 Å². The zero-order valence-corrected chi connectivity index (χ0v) is 10.7. The lowest BCUT2D eigenvalue weighted by Crippen LogP contribution is -1.93. The molecular formula is C9H9BrN4S. The summed E-state index contributed by atoms with van der Waals surface area (Å²) in [4.78, 5) is 4.26. The summed E-state index contributed by atoms with van der Waals surface area (Å²) in [6.07, 6.45) is 1.76. The summed E-state index contributed by atoms with van der Waals surface area (Å²) >= 11 is 4.94. The summed E-state index contributed by atoms with van der Waals surface area (Å²) in [5.41, 5.74) is 0. The Kier molecular flexibility index (Phi) is 3.06. The van der Waals surface area contributed by atoms with Gasteiger partial charge < -0.3 is 4.57 Å². The van der Waals surface area contributed by atoms with Crippen molar-refractivity contribution >= 4 is 27.7 Å². The van der Waals surface area contributed by atoms with E-state index < -0.39 is 0 Å². The fraction of sp³-hybridized carbons (Fsp3) is 0.222. The third kappa shape index (κ3) is 2.21. The van der Waals surface area contributed by atoms with Crippen LogP contribution in [0.1, 0.15) is 5.82 Å². The van der Waals surface area contributed by atoms with Crippen molar-refractivity contribution in [1.29, 1.82) is 0 Å². The van der Waals surface area contributed by atoms with Gasteiger partial charge in [-0.05, 0) is 46.7 Å². The first-order valence-electron chi connectivity index (χ1n) is 4.33. The molecule has 0 saturated heterocycles. The molecule has 0 unspecified atom stereocenters. The van der Waals surface area contributed by atoms with Crippen molar-refractivity contribution < 1.29 is 0 Å². The van der Waals surface area contributed by atoms with E-state index in [0.29, 0.717) is 0 Å². The molecule has 0 radical (unpaired) electrons. The van der Waals surface area contributed by atoms with Crippen LogP contribution in [0.5, 0.6) is 0 Å². The number of aromatic nitrogens is 4. The summed E-state index contributed by atoms with van der Waals surface area (Å²) in [7, 11) is 1.94. The van der Waals surface area contributed by atoms with E-state index in [0.717, 1.165) is 20.5 Å². The Labute approximate surface area is 100 Å². The van der Waals surface area contributed by atoms with E-state index in [9.17, 15) is 0 Å². The highest BCUT2D eigenvalue weighted by atomic mass is 79.9. The highest BCUT2D eigenvalue weighted by molar-refractivity contribution is 9.10. The van der Waals surface area contributed by atoms with Crippen molar-refractivity contribution in [2.45, 2.75) is 17.1 Å². The number of nitrogens with zero attached hydrogens (tertiary/aromatic N) is 4. The van der Waals surface area contributed by atoms with Gasteiger partial charge in [-0.25, -0.2) is 4.98 Å². The molecule has 2 aromatic rings. The van der Waals surface area contributed by atoms with Crippen LogP contribution in [0.15, 0.2) is 33.0 Å². The Morgan fingerprint density at radius 3 is 2.80 bits per heavy atom. The zero-order valence-electron chi connectivity index (χ0n) is 8.31. The molecule has 78 valence electrons. The lowest BCUT2D eigenvalue weighted by atomic mass is 10.5. The molecule has 0 aliphatic rings. The van der Waals surface area contributed by atoms with E-state index in [-0.39, 0.29) is 0 Å². The molecule has 0 amide bonds. The van der Waals surface area contributed by atoms with Crippen LogP contribution in [0.3, 0.4) is 0 Å². The standard InChI is InChI=1S/C9H9BrN4S/c1-6-12-13-9(14(6)2)15-8-7(10)4-3-5-11-8/h3-5H,1-2H3. The molecular weight excluding hydrogens is 276 g/mol. The van der Waals surface area contributed by atoms with Gasteiger partial charge in [0.15, 0.2) is 5.16 Å². The molecule has 0 N–H and O–H groups in total. The van der Waals surface area contributed by atoms with Gasteiger partial charge in [0.25, 0.3) is 0 Å². The van der Waals surface area contributed by atoms with Gasteiger partial charge in [-0.2, -0.15) is 0 Å². The van der Waals surface area contributed by atoms with Crippen molar-refractivity contribution in [3.63, 3.8) is 0 Å². The van der Waals surface area contributed by atoms with Crippen molar-refractivity contribution in [2.24, 2.45) is 7.05 Å². The van der Waals surface area contributed by atoms with Gasteiger partial charge in [-0.15, -0.1) is 10.2 Å². The molecule has 15 heavy (non-hydrogen) atoms. The highest BCUT2D eigenvalue weighted by Crippen LogP contribution is 2.29. The monoisotopic (exact) mass is 284 g/mol. The SMILES string of the molecule is Cc1nnc(Sc2ncccc2Br)n1C. The summed E-state index contributed by atoms with van der Waals surface area (Å²) in [6, 6.07) is 3.84. The lowest BCUT2D eigenvalue weighted by molar-refractivity contribution is 0.764. The Hall–Kier alpha value is -0.880. The first-order chi connectivity index (χ1) is 7.18. The molecule has 2 rings (SSSR count). The Morgan fingerprint density at radius 1 is 1.40 bits per heavy atom. The summed E-state index contributed by atoms with van der Waals surface area (Å²) in [6.45, 7) is 1.92. The van der Waals surface area contributed by atoms with Crippen LogP contribution in [0.25, 0.3) is 0 Å². The van der Waals surface area contributed by atoms with E-state index in [1.54, 1.807) is 6.20 Å². The minimum absolute atomic E-state index is 0.840. The van der Waals surface area contributed by atoms with Gasteiger partial charge in [-0.1, -0.05) is 0 Å². The highest BCUT2D eigenvalue weighted by Gasteiger charge is 2.09. The third-order valence-corrected chi connectivity index (χ3v) is 3.92. The van der Waals surface area contributed by atoms with Gasteiger partial charge >= 0.3 is 0 Å². The summed E-state index contributed by atoms with van der Waals surface area (Å²) < 4.78 is 2.90. The van der Waals surface area contributed by atoms with E-state index in [1.165, 1.54) is 11.8 Å². The van der Waals surface area contributed by atoms with Crippen LogP contribution in [0.4, 0.5) is 0 Å². The molecule has 6 heteroatoms. The molecule has 2 heterocycles. The minimum Gasteiger partial charge on any atom is -0.309 e. The Balaban J connectivity index is 2.30. The number of aryl methyl sites for hydroxylation is 1. The molecule has 4 nitrogen and oxygen atoms in total.